The summed E-state index contributed by atoms with van der Waals surface area (Å²) in [4.78, 5) is 4.25. The minimum atomic E-state index is 0.853. The van der Waals surface area contributed by atoms with Crippen molar-refractivity contribution in [2.24, 2.45) is 0 Å². The molecular formula is C13H16N2S. The van der Waals surface area contributed by atoms with E-state index in [0.29, 0.717) is 0 Å². The Bertz CT molecular complexity index is 429. The van der Waals surface area contributed by atoms with Gasteiger partial charge in [0, 0.05) is 24.7 Å². The molecule has 1 aromatic heterocycles. The third-order valence-corrected chi connectivity index (χ3v) is 3.49. The van der Waals surface area contributed by atoms with E-state index in [1.54, 1.807) is 11.3 Å². The zero-order chi connectivity index (χ0) is 11.4. The Morgan fingerprint density at radius 2 is 1.94 bits per heavy atom. The number of rotatable bonds is 4. The molecule has 2 aromatic rings. The second-order valence-electron chi connectivity index (χ2n) is 3.90. The third-order valence-electron chi connectivity index (χ3n) is 2.71. The molecule has 16 heavy (non-hydrogen) atoms. The summed E-state index contributed by atoms with van der Waals surface area (Å²) in [6.45, 7) is 6.09. The maximum absolute atomic E-state index is 4.25. The molecule has 0 aliphatic heterocycles. The van der Waals surface area contributed by atoms with Crippen molar-refractivity contribution < 1.29 is 0 Å². The standard InChI is InChI=1S/C13H16N2S/c1-10-4-3-5-11(2)12(10)8-14-9-13-15-6-7-16-13/h3-7,14H,8-9H2,1-2H3. The molecule has 0 aliphatic carbocycles. The largest absolute Gasteiger partial charge is 0.306 e. The van der Waals surface area contributed by atoms with Crippen LogP contribution in [0.2, 0.25) is 0 Å². The Morgan fingerprint density at radius 1 is 1.19 bits per heavy atom. The van der Waals surface area contributed by atoms with E-state index in [9.17, 15) is 0 Å². The van der Waals surface area contributed by atoms with Crippen molar-refractivity contribution in [2.45, 2.75) is 26.9 Å². The zero-order valence-corrected chi connectivity index (χ0v) is 10.5. The van der Waals surface area contributed by atoms with Crippen molar-refractivity contribution >= 4 is 11.3 Å². The van der Waals surface area contributed by atoms with E-state index in [4.69, 9.17) is 0 Å². The smallest absolute Gasteiger partial charge is 0.106 e. The van der Waals surface area contributed by atoms with Gasteiger partial charge in [-0.3, -0.25) is 0 Å². The molecule has 1 heterocycles. The second kappa shape index (κ2) is 5.23. The lowest BCUT2D eigenvalue weighted by Crippen LogP contribution is -2.14. The molecule has 84 valence electrons. The number of benzene rings is 1. The van der Waals surface area contributed by atoms with Gasteiger partial charge in [0.15, 0.2) is 0 Å². The van der Waals surface area contributed by atoms with Crippen LogP contribution < -0.4 is 5.32 Å². The van der Waals surface area contributed by atoms with Gasteiger partial charge >= 0.3 is 0 Å². The highest BCUT2D eigenvalue weighted by molar-refractivity contribution is 7.09. The first-order chi connectivity index (χ1) is 7.77. The summed E-state index contributed by atoms with van der Waals surface area (Å²) in [6, 6.07) is 6.43. The number of aromatic nitrogens is 1. The Kier molecular flexibility index (Phi) is 3.70. The predicted octanol–water partition coefficient (Wildman–Crippen LogP) is 3.05. The molecule has 0 radical (unpaired) electrons. The fraction of sp³-hybridized carbons (Fsp3) is 0.308. The van der Waals surface area contributed by atoms with Crippen LogP contribution >= 0.6 is 11.3 Å². The maximum Gasteiger partial charge on any atom is 0.106 e. The number of nitrogens with zero attached hydrogens (tertiary/aromatic N) is 1. The lowest BCUT2D eigenvalue weighted by molar-refractivity contribution is 0.684. The number of nitrogens with one attached hydrogen (secondary N) is 1. The normalized spacial score (nSPS) is 10.6. The molecule has 1 N–H and O–H groups in total. The number of aryl methyl sites for hydroxylation is 2. The number of hydrogen-bond donors (Lipinski definition) is 1. The van der Waals surface area contributed by atoms with Gasteiger partial charge in [-0.25, -0.2) is 4.98 Å². The molecule has 0 unspecified atom stereocenters. The van der Waals surface area contributed by atoms with E-state index >= 15 is 0 Å². The van der Waals surface area contributed by atoms with Crippen LogP contribution in [0.4, 0.5) is 0 Å². The van der Waals surface area contributed by atoms with E-state index in [0.717, 1.165) is 18.1 Å². The molecule has 3 heteroatoms. The summed E-state index contributed by atoms with van der Waals surface area (Å²) in [6.07, 6.45) is 1.85. The fourth-order valence-corrected chi connectivity index (χ4v) is 2.35. The first kappa shape index (κ1) is 11.3. The van der Waals surface area contributed by atoms with Crippen molar-refractivity contribution in [3.63, 3.8) is 0 Å². The highest BCUT2D eigenvalue weighted by Gasteiger charge is 2.01. The summed E-state index contributed by atoms with van der Waals surface area (Å²) < 4.78 is 0. The van der Waals surface area contributed by atoms with Gasteiger partial charge in [0.1, 0.15) is 5.01 Å². The Morgan fingerprint density at radius 3 is 2.56 bits per heavy atom. The minimum absolute atomic E-state index is 0.853. The summed E-state index contributed by atoms with van der Waals surface area (Å²) >= 11 is 1.69. The second-order valence-corrected chi connectivity index (χ2v) is 4.88. The SMILES string of the molecule is Cc1cccc(C)c1CNCc1nccs1. The van der Waals surface area contributed by atoms with Crippen LogP contribution in [-0.4, -0.2) is 4.98 Å². The van der Waals surface area contributed by atoms with Crippen LogP contribution in [0.3, 0.4) is 0 Å². The first-order valence-corrected chi connectivity index (χ1v) is 6.29. The highest BCUT2D eigenvalue weighted by Crippen LogP contribution is 2.13. The summed E-state index contributed by atoms with van der Waals surface area (Å²) in [7, 11) is 0. The van der Waals surface area contributed by atoms with Gasteiger partial charge in [0.05, 0.1) is 0 Å². The predicted molar refractivity (Wildman–Crippen MR) is 68.6 cm³/mol. The van der Waals surface area contributed by atoms with Crippen molar-refractivity contribution in [3.8, 4) is 0 Å². The molecule has 0 spiro atoms. The highest BCUT2D eigenvalue weighted by atomic mass is 32.1. The molecule has 0 saturated heterocycles. The lowest BCUT2D eigenvalue weighted by atomic mass is 10.0. The number of hydrogen-bond acceptors (Lipinski definition) is 3. The lowest BCUT2D eigenvalue weighted by Gasteiger charge is -2.09. The average molecular weight is 232 g/mol. The minimum Gasteiger partial charge on any atom is -0.306 e. The molecule has 0 bridgehead atoms. The van der Waals surface area contributed by atoms with Gasteiger partial charge in [-0.05, 0) is 30.5 Å². The maximum atomic E-state index is 4.25. The van der Waals surface area contributed by atoms with E-state index in [1.165, 1.54) is 16.7 Å². The first-order valence-electron chi connectivity index (χ1n) is 5.41. The molecule has 1 aromatic carbocycles. The van der Waals surface area contributed by atoms with E-state index in [2.05, 4.69) is 42.3 Å². The van der Waals surface area contributed by atoms with Gasteiger partial charge in [-0.2, -0.15) is 0 Å². The topological polar surface area (TPSA) is 24.9 Å². The zero-order valence-electron chi connectivity index (χ0n) is 9.66. The summed E-state index contributed by atoms with van der Waals surface area (Å²) in [5.74, 6) is 0. The van der Waals surface area contributed by atoms with Gasteiger partial charge in [0.25, 0.3) is 0 Å². The average Bonchev–Trinajstić information content (AvgIpc) is 2.75. The van der Waals surface area contributed by atoms with E-state index in [1.807, 2.05) is 11.6 Å². The van der Waals surface area contributed by atoms with Crippen molar-refractivity contribution in [2.75, 3.05) is 0 Å². The Balaban J connectivity index is 1.95. The van der Waals surface area contributed by atoms with Crippen LogP contribution in [0.5, 0.6) is 0 Å². The molecule has 0 saturated carbocycles. The van der Waals surface area contributed by atoms with Crippen LogP contribution in [0, 0.1) is 13.8 Å². The van der Waals surface area contributed by atoms with Crippen molar-refractivity contribution in [3.05, 3.63) is 51.5 Å². The Hall–Kier alpha value is -1.19. The molecular weight excluding hydrogens is 216 g/mol. The molecule has 0 aliphatic rings. The third kappa shape index (κ3) is 2.68. The molecule has 0 amide bonds. The van der Waals surface area contributed by atoms with E-state index in [-0.39, 0.29) is 0 Å². The fourth-order valence-electron chi connectivity index (χ4n) is 1.76. The van der Waals surface area contributed by atoms with Crippen molar-refractivity contribution in [1.29, 1.82) is 0 Å². The van der Waals surface area contributed by atoms with Crippen LogP contribution in [0.1, 0.15) is 21.7 Å². The molecule has 2 nitrogen and oxygen atoms in total. The van der Waals surface area contributed by atoms with Crippen molar-refractivity contribution in [1.82, 2.24) is 10.3 Å². The van der Waals surface area contributed by atoms with Gasteiger partial charge in [0.2, 0.25) is 0 Å². The summed E-state index contributed by atoms with van der Waals surface area (Å²) in [5, 5.41) is 6.59. The molecule has 0 atom stereocenters. The summed E-state index contributed by atoms with van der Waals surface area (Å²) in [5.41, 5.74) is 4.11. The number of thiazole rings is 1. The van der Waals surface area contributed by atoms with Gasteiger partial charge in [-0.15, -0.1) is 11.3 Å². The van der Waals surface area contributed by atoms with Gasteiger partial charge in [-0.1, -0.05) is 18.2 Å². The quantitative estimate of drug-likeness (QED) is 0.876. The van der Waals surface area contributed by atoms with Crippen LogP contribution in [0.25, 0.3) is 0 Å². The van der Waals surface area contributed by atoms with E-state index < -0.39 is 0 Å². The van der Waals surface area contributed by atoms with Gasteiger partial charge < -0.3 is 5.32 Å². The van der Waals surface area contributed by atoms with Crippen LogP contribution in [0.15, 0.2) is 29.8 Å². The van der Waals surface area contributed by atoms with Crippen LogP contribution in [-0.2, 0) is 13.1 Å². The molecule has 0 fully saturated rings. The Labute approximate surface area is 100 Å². The molecule has 2 rings (SSSR count). The monoisotopic (exact) mass is 232 g/mol.